The number of allylic oxidation sites excluding steroid dienone is 14. The summed E-state index contributed by atoms with van der Waals surface area (Å²) in [5, 5.41) is 0. The Balaban J connectivity index is 4.83. The zero-order valence-corrected chi connectivity index (χ0v) is 22.1. The fourth-order valence-electron chi connectivity index (χ4n) is 2.80. The quantitative estimate of drug-likeness (QED) is 0.148. The summed E-state index contributed by atoms with van der Waals surface area (Å²) in [6, 6.07) is 0. The molecule has 0 aliphatic rings. The predicted molar refractivity (Wildman–Crippen MR) is 148 cm³/mol. The van der Waals surface area contributed by atoms with Crippen LogP contribution in [-0.4, -0.2) is 9.49 Å². The van der Waals surface area contributed by atoms with E-state index >= 15 is 0 Å². The standard InChI is InChI=1S/C30H46S/c1-9-11-13-15-17-19-21-23-25-27(3)29(5,6)31-30(7,8)28(4)26-24-22-20-18-16-14-12-10-2/h9-12,17-26H,13-16H2,1-8H3/b11-9+,12-10+,19-17+,20-18+,23-21+,24-22+,27-25+,28-26+. The first-order valence-electron chi connectivity index (χ1n) is 11.6. The molecule has 0 atom stereocenters. The van der Waals surface area contributed by atoms with Crippen LogP contribution in [0.15, 0.2) is 96.2 Å². The molecular weight excluding hydrogens is 392 g/mol. The van der Waals surface area contributed by atoms with Crippen LogP contribution in [0.5, 0.6) is 0 Å². The third-order valence-corrected chi connectivity index (χ3v) is 6.95. The minimum Gasteiger partial charge on any atom is -0.141 e. The van der Waals surface area contributed by atoms with E-state index in [9.17, 15) is 0 Å². The largest absolute Gasteiger partial charge is 0.141 e. The molecule has 31 heavy (non-hydrogen) atoms. The molecule has 0 unspecified atom stereocenters. The summed E-state index contributed by atoms with van der Waals surface area (Å²) >= 11 is 2.02. The smallest absolute Gasteiger partial charge is 0.0320 e. The maximum absolute atomic E-state index is 2.32. The molecule has 0 radical (unpaired) electrons. The summed E-state index contributed by atoms with van der Waals surface area (Å²) < 4.78 is 0.129. The third-order valence-electron chi connectivity index (χ3n) is 5.29. The van der Waals surface area contributed by atoms with Gasteiger partial charge in [-0.1, -0.05) is 96.2 Å². The molecule has 172 valence electrons. The summed E-state index contributed by atoms with van der Waals surface area (Å²) in [6.07, 6.45) is 34.8. The van der Waals surface area contributed by atoms with Crippen molar-refractivity contribution in [2.24, 2.45) is 0 Å². The van der Waals surface area contributed by atoms with Crippen LogP contribution in [0.1, 0.15) is 81.1 Å². The van der Waals surface area contributed by atoms with Crippen molar-refractivity contribution in [3.63, 3.8) is 0 Å². The van der Waals surface area contributed by atoms with Crippen LogP contribution < -0.4 is 0 Å². The molecule has 0 aromatic rings. The van der Waals surface area contributed by atoms with E-state index in [1.54, 1.807) is 0 Å². The van der Waals surface area contributed by atoms with E-state index in [0.717, 1.165) is 25.7 Å². The Hall–Kier alpha value is -1.73. The fourth-order valence-corrected chi connectivity index (χ4v) is 4.53. The van der Waals surface area contributed by atoms with Gasteiger partial charge in [0.15, 0.2) is 0 Å². The second kappa shape index (κ2) is 16.9. The van der Waals surface area contributed by atoms with Crippen LogP contribution in [0.4, 0.5) is 0 Å². The van der Waals surface area contributed by atoms with Crippen molar-refractivity contribution in [1.29, 1.82) is 0 Å². The molecule has 0 aromatic heterocycles. The monoisotopic (exact) mass is 438 g/mol. The maximum atomic E-state index is 2.32. The summed E-state index contributed by atoms with van der Waals surface area (Å²) in [4.78, 5) is 0. The lowest BCUT2D eigenvalue weighted by molar-refractivity contribution is 0.772. The Bertz CT molecular complexity index is 654. The van der Waals surface area contributed by atoms with Crippen LogP contribution in [0.25, 0.3) is 0 Å². The first-order valence-corrected chi connectivity index (χ1v) is 12.4. The van der Waals surface area contributed by atoms with Crippen LogP contribution in [-0.2, 0) is 0 Å². The Kier molecular flexibility index (Phi) is 16.0. The molecule has 0 aliphatic heterocycles. The van der Waals surface area contributed by atoms with Crippen molar-refractivity contribution in [2.45, 2.75) is 90.6 Å². The van der Waals surface area contributed by atoms with E-state index < -0.39 is 0 Å². The number of unbranched alkanes of at least 4 members (excludes halogenated alkanes) is 2. The minimum absolute atomic E-state index is 0.0645. The van der Waals surface area contributed by atoms with E-state index in [2.05, 4.69) is 140 Å². The SMILES string of the molecule is C/C=C/CC/C=C/C=C/C=C(\C)C(C)(C)SC(C)(C)/C(C)=C/C=C/C=C/CC/C=C/C. The Morgan fingerprint density at radius 3 is 1.26 bits per heavy atom. The van der Waals surface area contributed by atoms with Gasteiger partial charge in [-0.15, -0.1) is 11.8 Å². The number of hydrogen-bond donors (Lipinski definition) is 0. The Morgan fingerprint density at radius 2 is 0.903 bits per heavy atom. The topological polar surface area (TPSA) is 0 Å². The predicted octanol–water partition coefficient (Wildman–Crippen LogP) is 10.1. The highest BCUT2D eigenvalue weighted by molar-refractivity contribution is 8.02. The number of thioether (sulfide) groups is 1. The first kappa shape index (κ1) is 29.3. The lowest BCUT2D eigenvalue weighted by Gasteiger charge is -2.36. The molecule has 0 spiro atoms. The fraction of sp³-hybridized carbons (Fsp3) is 0.467. The first-order chi connectivity index (χ1) is 14.7. The van der Waals surface area contributed by atoms with Crippen molar-refractivity contribution in [2.75, 3.05) is 0 Å². The van der Waals surface area contributed by atoms with Gasteiger partial charge in [0.25, 0.3) is 0 Å². The van der Waals surface area contributed by atoms with Gasteiger partial charge < -0.3 is 0 Å². The van der Waals surface area contributed by atoms with E-state index in [1.165, 1.54) is 11.1 Å². The van der Waals surface area contributed by atoms with Gasteiger partial charge >= 0.3 is 0 Å². The summed E-state index contributed by atoms with van der Waals surface area (Å²) in [6.45, 7) is 17.9. The zero-order chi connectivity index (χ0) is 23.6. The molecule has 0 heterocycles. The Labute approximate surface area is 198 Å². The molecular formula is C30H46S. The highest BCUT2D eigenvalue weighted by Gasteiger charge is 2.31. The average Bonchev–Trinajstić information content (AvgIpc) is 2.70. The molecule has 0 amide bonds. The lowest BCUT2D eigenvalue weighted by atomic mass is 10.0. The molecule has 0 saturated carbocycles. The van der Waals surface area contributed by atoms with E-state index in [1.807, 2.05) is 11.8 Å². The second-order valence-corrected chi connectivity index (χ2v) is 11.0. The molecule has 0 bridgehead atoms. The van der Waals surface area contributed by atoms with Gasteiger partial charge in [-0.05, 0) is 81.1 Å². The number of rotatable bonds is 14. The molecule has 0 aliphatic carbocycles. The van der Waals surface area contributed by atoms with Crippen molar-refractivity contribution >= 4 is 11.8 Å². The zero-order valence-electron chi connectivity index (χ0n) is 21.3. The lowest BCUT2D eigenvalue weighted by Crippen LogP contribution is -2.28. The maximum Gasteiger partial charge on any atom is 0.0320 e. The van der Waals surface area contributed by atoms with Gasteiger partial charge in [-0.3, -0.25) is 0 Å². The van der Waals surface area contributed by atoms with Gasteiger partial charge in [0.2, 0.25) is 0 Å². The van der Waals surface area contributed by atoms with Crippen molar-refractivity contribution < 1.29 is 0 Å². The van der Waals surface area contributed by atoms with Gasteiger partial charge in [-0.2, -0.15) is 0 Å². The van der Waals surface area contributed by atoms with Gasteiger partial charge in [0.1, 0.15) is 0 Å². The van der Waals surface area contributed by atoms with Crippen LogP contribution in [0.2, 0.25) is 0 Å². The minimum atomic E-state index is 0.0645. The molecule has 0 N–H and O–H groups in total. The van der Waals surface area contributed by atoms with E-state index in [0.29, 0.717) is 0 Å². The van der Waals surface area contributed by atoms with Gasteiger partial charge in [-0.25, -0.2) is 0 Å². The normalized spacial score (nSPS) is 15.4. The second-order valence-electron chi connectivity index (χ2n) is 8.74. The average molecular weight is 439 g/mol. The van der Waals surface area contributed by atoms with E-state index in [4.69, 9.17) is 0 Å². The summed E-state index contributed by atoms with van der Waals surface area (Å²) in [5.41, 5.74) is 2.77. The van der Waals surface area contributed by atoms with Gasteiger partial charge in [0, 0.05) is 9.49 Å². The molecule has 0 fully saturated rings. The number of hydrogen-bond acceptors (Lipinski definition) is 1. The third kappa shape index (κ3) is 14.8. The summed E-state index contributed by atoms with van der Waals surface area (Å²) in [5.74, 6) is 0. The van der Waals surface area contributed by atoms with Crippen molar-refractivity contribution in [1.82, 2.24) is 0 Å². The highest BCUT2D eigenvalue weighted by atomic mass is 32.2. The van der Waals surface area contributed by atoms with Crippen LogP contribution >= 0.6 is 11.8 Å². The van der Waals surface area contributed by atoms with Crippen LogP contribution in [0, 0.1) is 0 Å². The molecule has 0 aromatic carbocycles. The van der Waals surface area contributed by atoms with Crippen LogP contribution in [0.3, 0.4) is 0 Å². The van der Waals surface area contributed by atoms with Crippen molar-refractivity contribution in [3.05, 3.63) is 96.2 Å². The van der Waals surface area contributed by atoms with E-state index in [-0.39, 0.29) is 9.49 Å². The highest BCUT2D eigenvalue weighted by Crippen LogP contribution is 2.44. The molecule has 0 nitrogen and oxygen atoms in total. The molecule has 0 rings (SSSR count). The summed E-state index contributed by atoms with van der Waals surface area (Å²) in [7, 11) is 0. The van der Waals surface area contributed by atoms with Crippen molar-refractivity contribution in [3.8, 4) is 0 Å². The van der Waals surface area contributed by atoms with Gasteiger partial charge in [0.05, 0.1) is 0 Å². The Morgan fingerprint density at radius 1 is 0.548 bits per heavy atom. The molecule has 0 saturated heterocycles. The molecule has 1 heteroatoms.